The van der Waals surface area contributed by atoms with Crippen LogP contribution in [0.15, 0.2) is 18.2 Å². The number of carbonyl (C=O) groups excluding carboxylic acids is 1. The molecule has 3 nitrogen and oxygen atoms in total. The van der Waals surface area contributed by atoms with E-state index in [1.807, 2.05) is 6.07 Å². The van der Waals surface area contributed by atoms with Gasteiger partial charge in [-0.3, -0.25) is 0 Å². The fourth-order valence-electron chi connectivity index (χ4n) is 3.69. The highest BCUT2D eigenvalue weighted by Crippen LogP contribution is 2.44. The van der Waals surface area contributed by atoms with Gasteiger partial charge in [0.25, 0.3) is 0 Å². The maximum Gasteiger partial charge on any atom is 0.125 e. The number of hydrogen-bond acceptors (Lipinski definition) is 3. The van der Waals surface area contributed by atoms with Gasteiger partial charge in [-0.05, 0) is 36.0 Å². The second-order valence-electron chi connectivity index (χ2n) is 5.53. The van der Waals surface area contributed by atoms with E-state index in [4.69, 9.17) is 0 Å². The van der Waals surface area contributed by atoms with E-state index in [0.717, 1.165) is 44.2 Å². The molecular formula is C15H19NO2. The van der Waals surface area contributed by atoms with Gasteiger partial charge in [0.2, 0.25) is 0 Å². The van der Waals surface area contributed by atoms with E-state index >= 15 is 0 Å². The molecule has 1 aliphatic carbocycles. The molecule has 0 amide bonds. The molecule has 1 aliphatic heterocycles. The molecule has 0 radical (unpaired) electrons. The van der Waals surface area contributed by atoms with Crippen LogP contribution in [0.3, 0.4) is 0 Å². The van der Waals surface area contributed by atoms with Gasteiger partial charge in [-0.25, -0.2) is 0 Å². The molecule has 18 heavy (non-hydrogen) atoms. The van der Waals surface area contributed by atoms with Crippen LogP contribution >= 0.6 is 0 Å². The molecular weight excluding hydrogens is 226 g/mol. The van der Waals surface area contributed by atoms with Crippen molar-refractivity contribution in [2.24, 2.45) is 5.92 Å². The third-order valence-electron chi connectivity index (χ3n) is 4.64. The van der Waals surface area contributed by atoms with Crippen LogP contribution in [-0.2, 0) is 23.2 Å². The normalized spacial score (nSPS) is 30.4. The SMILES string of the molecule is O=C[C@@H]1CNC[C@]12CCCc1cc(CO)ccc12. The predicted molar refractivity (Wildman–Crippen MR) is 69.4 cm³/mol. The van der Waals surface area contributed by atoms with E-state index in [-0.39, 0.29) is 17.9 Å². The molecule has 0 unspecified atom stereocenters. The van der Waals surface area contributed by atoms with Crippen molar-refractivity contribution in [3.05, 3.63) is 34.9 Å². The highest BCUT2D eigenvalue weighted by atomic mass is 16.3. The van der Waals surface area contributed by atoms with Crippen molar-refractivity contribution in [3.8, 4) is 0 Å². The van der Waals surface area contributed by atoms with Crippen LogP contribution in [0.4, 0.5) is 0 Å². The number of fused-ring (bicyclic) bond motifs is 2. The summed E-state index contributed by atoms with van der Waals surface area (Å²) in [6, 6.07) is 6.23. The second-order valence-corrected chi connectivity index (χ2v) is 5.53. The third-order valence-corrected chi connectivity index (χ3v) is 4.64. The third kappa shape index (κ3) is 1.62. The molecule has 0 aromatic heterocycles. The Morgan fingerprint density at radius 3 is 3.17 bits per heavy atom. The molecule has 3 rings (SSSR count). The fourth-order valence-corrected chi connectivity index (χ4v) is 3.69. The summed E-state index contributed by atoms with van der Waals surface area (Å²) < 4.78 is 0. The molecule has 1 heterocycles. The minimum absolute atomic E-state index is 0.00329. The first kappa shape index (κ1) is 11.9. The number of rotatable bonds is 2. The number of aliphatic hydroxyl groups is 1. The van der Waals surface area contributed by atoms with Gasteiger partial charge in [-0.15, -0.1) is 0 Å². The Balaban J connectivity index is 2.09. The summed E-state index contributed by atoms with van der Waals surface area (Å²) in [6.07, 6.45) is 4.41. The van der Waals surface area contributed by atoms with E-state index in [9.17, 15) is 9.90 Å². The zero-order valence-electron chi connectivity index (χ0n) is 10.5. The molecule has 1 aromatic rings. The lowest BCUT2D eigenvalue weighted by Crippen LogP contribution is -2.39. The van der Waals surface area contributed by atoms with Crippen LogP contribution in [0.1, 0.15) is 29.5 Å². The van der Waals surface area contributed by atoms with E-state index in [0.29, 0.717) is 0 Å². The quantitative estimate of drug-likeness (QED) is 0.769. The smallest absolute Gasteiger partial charge is 0.125 e. The Labute approximate surface area is 107 Å². The topological polar surface area (TPSA) is 49.3 Å². The van der Waals surface area contributed by atoms with Crippen LogP contribution in [0.2, 0.25) is 0 Å². The summed E-state index contributed by atoms with van der Waals surface area (Å²) in [7, 11) is 0. The maximum absolute atomic E-state index is 11.3. The lowest BCUT2D eigenvalue weighted by Gasteiger charge is -2.38. The average molecular weight is 245 g/mol. The van der Waals surface area contributed by atoms with Gasteiger partial charge in [0.05, 0.1) is 6.61 Å². The van der Waals surface area contributed by atoms with Crippen molar-refractivity contribution in [2.75, 3.05) is 13.1 Å². The van der Waals surface area contributed by atoms with Crippen molar-refractivity contribution >= 4 is 6.29 Å². The van der Waals surface area contributed by atoms with Crippen LogP contribution < -0.4 is 5.32 Å². The number of aldehydes is 1. The molecule has 2 atom stereocenters. The Kier molecular flexibility index (Phi) is 2.96. The number of benzene rings is 1. The van der Waals surface area contributed by atoms with Gasteiger partial charge < -0.3 is 15.2 Å². The summed E-state index contributed by atoms with van der Waals surface area (Å²) in [5, 5.41) is 12.6. The summed E-state index contributed by atoms with van der Waals surface area (Å²) in [6.45, 7) is 1.79. The van der Waals surface area contributed by atoms with Crippen molar-refractivity contribution in [1.82, 2.24) is 5.32 Å². The van der Waals surface area contributed by atoms with Crippen molar-refractivity contribution < 1.29 is 9.90 Å². The Morgan fingerprint density at radius 1 is 1.50 bits per heavy atom. The van der Waals surface area contributed by atoms with Crippen LogP contribution in [-0.4, -0.2) is 24.5 Å². The lowest BCUT2D eigenvalue weighted by molar-refractivity contribution is -0.112. The van der Waals surface area contributed by atoms with Crippen LogP contribution in [0.25, 0.3) is 0 Å². The molecule has 0 bridgehead atoms. The highest BCUT2D eigenvalue weighted by Gasteiger charge is 2.46. The Morgan fingerprint density at radius 2 is 2.39 bits per heavy atom. The number of carbonyl (C=O) groups is 1. The number of aryl methyl sites for hydroxylation is 1. The summed E-state index contributed by atoms with van der Waals surface area (Å²) in [5.74, 6) is 0.0940. The fraction of sp³-hybridized carbons (Fsp3) is 0.533. The molecule has 0 saturated carbocycles. The van der Waals surface area contributed by atoms with Gasteiger partial charge in [0.15, 0.2) is 0 Å². The van der Waals surface area contributed by atoms with Crippen molar-refractivity contribution in [3.63, 3.8) is 0 Å². The molecule has 96 valence electrons. The first-order chi connectivity index (χ1) is 8.80. The standard InChI is InChI=1S/C15H19NO2/c17-8-11-3-4-14-12(6-11)2-1-5-15(14)10-16-7-13(15)9-18/h3-4,6,9,13,16-17H,1-2,5,7-8,10H2/t13-,15+/m0/s1. The zero-order chi connectivity index (χ0) is 12.6. The molecule has 1 spiro atoms. The number of aliphatic hydroxyl groups excluding tert-OH is 1. The first-order valence-electron chi connectivity index (χ1n) is 6.69. The molecule has 3 heteroatoms. The molecule has 2 N–H and O–H groups in total. The Bertz CT molecular complexity index is 472. The molecule has 1 fully saturated rings. The van der Waals surface area contributed by atoms with Gasteiger partial charge >= 0.3 is 0 Å². The van der Waals surface area contributed by atoms with Gasteiger partial charge in [0, 0.05) is 24.4 Å². The molecule has 2 aliphatic rings. The minimum Gasteiger partial charge on any atom is -0.392 e. The second kappa shape index (κ2) is 4.48. The summed E-state index contributed by atoms with van der Waals surface area (Å²) in [4.78, 5) is 11.3. The molecule has 1 aromatic carbocycles. The Hall–Kier alpha value is -1.19. The van der Waals surface area contributed by atoms with Crippen LogP contribution in [0, 0.1) is 5.92 Å². The lowest BCUT2D eigenvalue weighted by atomic mass is 9.65. The zero-order valence-corrected chi connectivity index (χ0v) is 10.5. The van der Waals surface area contributed by atoms with Gasteiger partial charge in [-0.1, -0.05) is 18.2 Å². The summed E-state index contributed by atoms with van der Waals surface area (Å²) in [5.41, 5.74) is 3.62. The van der Waals surface area contributed by atoms with E-state index in [2.05, 4.69) is 17.4 Å². The van der Waals surface area contributed by atoms with Gasteiger partial charge in [0.1, 0.15) is 6.29 Å². The monoisotopic (exact) mass is 245 g/mol. The number of hydrogen-bond donors (Lipinski definition) is 2. The minimum atomic E-state index is 0.00329. The first-order valence-corrected chi connectivity index (χ1v) is 6.69. The number of nitrogens with one attached hydrogen (secondary N) is 1. The van der Waals surface area contributed by atoms with Gasteiger partial charge in [-0.2, -0.15) is 0 Å². The van der Waals surface area contributed by atoms with E-state index in [1.54, 1.807) is 0 Å². The average Bonchev–Trinajstić information content (AvgIpc) is 2.82. The van der Waals surface area contributed by atoms with E-state index < -0.39 is 0 Å². The van der Waals surface area contributed by atoms with Crippen molar-refractivity contribution in [2.45, 2.75) is 31.3 Å². The van der Waals surface area contributed by atoms with E-state index in [1.165, 1.54) is 11.1 Å². The van der Waals surface area contributed by atoms with Crippen LogP contribution in [0.5, 0.6) is 0 Å². The summed E-state index contributed by atoms with van der Waals surface area (Å²) >= 11 is 0. The van der Waals surface area contributed by atoms with Crippen molar-refractivity contribution in [1.29, 1.82) is 0 Å². The highest BCUT2D eigenvalue weighted by molar-refractivity contribution is 5.61. The largest absolute Gasteiger partial charge is 0.392 e. The maximum atomic E-state index is 11.3. The predicted octanol–water partition coefficient (Wildman–Crippen LogP) is 1.17. The molecule has 1 saturated heterocycles.